The van der Waals surface area contributed by atoms with Crippen LogP contribution >= 0.6 is 0 Å². The summed E-state index contributed by atoms with van der Waals surface area (Å²) >= 11 is 0. The van der Waals surface area contributed by atoms with Crippen LogP contribution in [0.1, 0.15) is 17.0 Å². The number of allylic oxidation sites excluding steroid dienone is 2. The summed E-state index contributed by atoms with van der Waals surface area (Å²) in [5.41, 5.74) is 1.90. The van der Waals surface area contributed by atoms with Crippen LogP contribution in [0, 0.1) is 6.92 Å². The summed E-state index contributed by atoms with van der Waals surface area (Å²) in [7, 11) is 0. The van der Waals surface area contributed by atoms with Gasteiger partial charge in [-0.1, -0.05) is 54.6 Å². The fraction of sp³-hybridized carbons (Fsp3) is 0.154. The third-order valence-electron chi connectivity index (χ3n) is 2.14. The van der Waals surface area contributed by atoms with Gasteiger partial charge in [0.25, 0.3) is 0 Å². The number of carbonyl (C=O) groups is 1. The molecule has 2 heteroatoms. The van der Waals surface area contributed by atoms with E-state index in [-0.39, 0.29) is 0 Å². The summed E-state index contributed by atoms with van der Waals surface area (Å²) in [4.78, 5) is 11.0. The molecule has 0 saturated heterocycles. The number of aryl methyl sites for hydroxylation is 1. The summed E-state index contributed by atoms with van der Waals surface area (Å²) in [5, 5.41) is 9.04. The molecule has 1 aromatic carbocycles. The third-order valence-corrected chi connectivity index (χ3v) is 2.14. The first-order valence-electron chi connectivity index (χ1n) is 4.73. The minimum atomic E-state index is -0.850. The van der Waals surface area contributed by atoms with Crippen LogP contribution in [0.25, 0.3) is 0 Å². The maximum absolute atomic E-state index is 11.0. The number of rotatable bonds is 4. The zero-order valence-corrected chi connectivity index (χ0v) is 8.68. The first kappa shape index (κ1) is 11.2. The van der Waals surface area contributed by atoms with Crippen molar-refractivity contribution in [3.05, 3.63) is 60.2 Å². The van der Waals surface area contributed by atoms with Gasteiger partial charge >= 0.3 is 5.97 Å². The Kier molecular flexibility index (Phi) is 3.86. The van der Waals surface area contributed by atoms with E-state index in [1.165, 1.54) is 0 Å². The van der Waals surface area contributed by atoms with Gasteiger partial charge in [0.1, 0.15) is 5.92 Å². The van der Waals surface area contributed by atoms with Crippen LogP contribution in [-0.2, 0) is 4.79 Å². The van der Waals surface area contributed by atoms with Gasteiger partial charge in [0.05, 0.1) is 0 Å². The molecule has 1 unspecified atom stereocenters. The fourth-order valence-electron chi connectivity index (χ4n) is 1.30. The zero-order chi connectivity index (χ0) is 11.3. The van der Waals surface area contributed by atoms with Crippen molar-refractivity contribution in [2.45, 2.75) is 12.8 Å². The summed E-state index contributed by atoms with van der Waals surface area (Å²) in [6.07, 6.45) is 4.85. The van der Waals surface area contributed by atoms with Gasteiger partial charge in [0.2, 0.25) is 0 Å². The van der Waals surface area contributed by atoms with Crippen molar-refractivity contribution in [3.8, 4) is 0 Å². The van der Waals surface area contributed by atoms with Crippen molar-refractivity contribution < 1.29 is 9.90 Å². The van der Waals surface area contributed by atoms with Gasteiger partial charge in [0, 0.05) is 0 Å². The van der Waals surface area contributed by atoms with Gasteiger partial charge < -0.3 is 5.11 Å². The zero-order valence-electron chi connectivity index (χ0n) is 8.68. The summed E-state index contributed by atoms with van der Waals surface area (Å²) in [5.74, 6) is -1.44. The summed E-state index contributed by atoms with van der Waals surface area (Å²) in [6, 6.07) is 7.49. The lowest BCUT2D eigenvalue weighted by Gasteiger charge is -2.07. The predicted molar refractivity (Wildman–Crippen MR) is 60.9 cm³/mol. The highest BCUT2D eigenvalue weighted by Crippen LogP contribution is 2.18. The molecule has 0 amide bonds. The molecule has 2 nitrogen and oxygen atoms in total. The quantitative estimate of drug-likeness (QED) is 0.762. The minimum Gasteiger partial charge on any atom is -0.481 e. The molecular weight excluding hydrogens is 188 g/mol. The van der Waals surface area contributed by atoms with Crippen molar-refractivity contribution in [2.24, 2.45) is 0 Å². The number of carboxylic acid groups (broad SMARTS) is 1. The first-order chi connectivity index (χ1) is 7.15. The monoisotopic (exact) mass is 202 g/mol. The lowest BCUT2D eigenvalue weighted by molar-refractivity contribution is -0.137. The standard InChI is InChI=1S/C13H14O2/c1-3-4-5-12(13(14)15)11-8-6-10(2)7-9-11/h3-9,12H,1H2,2H3,(H,14,15). The Morgan fingerprint density at radius 2 is 2.00 bits per heavy atom. The SMILES string of the molecule is C=CC=CC(C(=O)O)c1ccc(C)cc1. The molecular formula is C13H14O2. The van der Waals surface area contributed by atoms with Crippen molar-refractivity contribution in [3.63, 3.8) is 0 Å². The van der Waals surface area contributed by atoms with Crippen LogP contribution in [0.2, 0.25) is 0 Å². The molecule has 1 N–H and O–H groups in total. The number of benzene rings is 1. The first-order valence-corrected chi connectivity index (χ1v) is 4.73. The topological polar surface area (TPSA) is 37.3 Å². The van der Waals surface area contributed by atoms with Crippen molar-refractivity contribution in [1.82, 2.24) is 0 Å². The Morgan fingerprint density at radius 3 is 2.47 bits per heavy atom. The van der Waals surface area contributed by atoms with Crippen LogP contribution in [0.4, 0.5) is 0 Å². The summed E-state index contributed by atoms with van der Waals surface area (Å²) < 4.78 is 0. The van der Waals surface area contributed by atoms with E-state index in [1.54, 1.807) is 18.2 Å². The van der Waals surface area contributed by atoms with Gasteiger partial charge in [-0.2, -0.15) is 0 Å². The molecule has 0 heterocycles. The molecule has 0 saturated carbocycles. The highest BCUT2D eigenvalue weighted by molar-refractivity contribution is 5.78. The van der Waals surface area contributed by atoms with Crippen LogP contribution in [0.15, 0.2) is 49.1 Å². The molecule has 1 atom stereocenters. The lowest BCUT2D eigenvalue weighted by atomic mass is 9.98. The normalized spacial score (nSPS) is 12.6. The van der Waals surface area contributed by atoms with Crippen LogP contribution in [-0.4, -0.2) is 11.1 Å². The van der Waals surface area contributed by atoms with E-state index < -0.39 is 11.9 Å². The van der Waals surface area contributed by atoms with Gasteiger partial charge in [-0.15, -0.1) is 0 Å². The smallest absolute Gasteiger partial charge is 0.314 e. The Balaban J connectivity index is 2.98. The molecule has 0 bridgehead atoms. The molecule has 0 aliphatic rings. The number of hydrogen-bond acceptors (Lipinski definition) is 1. The molecule has 1 aromatic rings. The Bertz CT molecular complexity index is 374. The van der Waals surface area contributed by atoms with Crippen molar-refractivity contribution in [2.75, 3.05) is 0 Å². The molecule has 15 heavy (non-hydrogen) atoms. The summed E-state index contributed by atoms with van der Waals surface area (Å²) in [6.45, 7) is 5.49. The number of aliphatic carboxylic acids is 1. The molecule has 0 aromatic heterocycles. The second-order valence-corrected chi connectivity index (χ2v) is 3.35. The Hall–Kier alpha value is -1.83. The molecule has 78 valence electrons. The van der Waals surface area contributed by atoms with Crippen molar-refractivity contribution >= 4 is 5.97 Å². The predicted octanol–water partition coefficient (Wildman–Crippen LogP) is 2.91. The third kappa shape index (κ3) is 3.09. The van der Waals surface area contributed by atoms with Crippen LogP contribution in [0.3, 0.4) is 0 Å². The highest BCUT2D eigenvalue weighted by Gasteiger charge is 2.15. The molecule has 0 aliphatic heterocycles. The van der Waals surface area contributed by atoms with Crippen LogP contribution in [0.5, 0.6) is 0 Å². The van der Waals surface area contributed by atoms with E-state index >= 15 is 0 Å². The van der Waals surface area contributed by atoms with E-state index in [0.717, 1.165) is 11.1 Å². The maximum Gasteiger partial charge on any atom is 0.314 e. The average molecular weight is 202 g/mol. The van der Waals surface area contributed by atoms with Gasteiger partial charge in [-0.3, -0.25) is 4.79 Å². The maximum atomic E-state index is 11.0. The molecule has 1 rings (SSSR count). The Morgan fingerprint density at radius 1 is 1.40 bits per heavy atom. The van der Waals surface area contributed by atoms with Crippen molar-refractivity contribution in [1.29, 1.82) is 0 Å². The second kappa shape index (κ2) is 5.15. The fourth-order valence-corrected chi connectivity index (χ4v) is 1.30. The molecule has 0 spiro atoms. The molecule has 0 radical (unpaired) electrons. The second-order valence-electron chi connectivity index (χ2n) is 3.35. The lowest BCUT2D eigenvalue weighted by Crippen LogP contribution is -2.08. The largest absolute Gasteiger partial charge is 0.481 e. The Labute approximate surface area is 89.6 Å². The molecule has 0 fully saturated rings. The van der Waals surface area contributed by atoms with E-state index in [9.17, 15) is 4.79 Å². The van der Waals surface area contributed by atoms with E-state index in [0.29, 0.717) is 0 Å². The molecule has 0 aliphatic carbocycles. The minimum absolute atomic E-state index is 0.594. The highest BCUT2D eigenvalue weighted by atomic mass is 16.4. The van der Waals surface area contributed by atoms with E-state index in [1.807, 2.05) is 31.2 Å². The van der Waals surface area contributed by atoms with Gasteiger partial charge in [0.15, 0.2) is 0 Å². The number of carboxylic acids is 1. The number of hydrogen-bond donors (Lipinski definition) is 1. The van der Waals surface area contributed by atoms with Gasteiger partial charge in [-0.05, 0) is 12.5 Å². The average Bonchev–Trinajstić information content (AvgIpc) is 2.21. The van der Waals surface area contributed by atoms with Gasteiger partial charge in [-0.25, -0.2) is 0 Å². The van der Waals surface area contributed by atoms with E-state index in [4.69, 9.17) is 5.11 Å². The van der Waals surface area contributed by atoms with E-state index in [2.05, 4.69) is 6.58 Å². The van der Waals surface area contributed by atoms with Crippen LogP contribution < -0.4 is 0 Å².